The van der Waals surface area contributed by atoms with Crippen LogP contribution in [0.3, 0.4) is 0 Å². The number of sulfone groups is 1. The first-order valence-corrected chi connectivity index (χ1v) is 10.8. The van der Waals surface area contributed by atoms with Crippen LogP contribution in [0.25, 0.3) is 0 Å². The van der Waals surface area contributed by atoms with Crippen LogP contribution in [0.1, 0.15) is 59.3 Å². The second-order valence-electron chi connectivity index (χ2n) is 7.53. The van der Waals surface area contributed by atoms with E-state index < -0.39 is 14.6 Å². The average Bonchev–Trinajstić information content (AvgIpc) is 2.98. The molecule has 1 aliphatic heterocycles. The third kappa shape index (κ3) is 4.85. The summed E-state index contributed by atoms with van der Waals surface area (Å²) < 4.78 is 23.6. The molecular formula is C17H33N3O2S. The van der Waals surface area contributed by atoms with Gasteiger partial charge >= 0.3 is 0 Å². The van der Waals surface area contributed by atoms with Gasteiger partial charge < -0.3 is 10.2 Å². The predicted octanol–water partition coefficient (Wildman–Crippen LogP) is 2.43. The lowest BCUT2D eigenvalue weighted by atomic mass is 10.0. The van der Waals surface area contributed by atoms with Gasteiger partial charge in [-0.3, -0.25) is 4.99 Å². The number of rotatable bonds is 5. The van der Waals surface area contributed by atoms with Crippen LogP contribution >= 0.6 is 0 Å². The molecule has 134 valence electrons. The monoisotopic (exact) mass is 343 g/mol. The van der Waals surface area contributed by atoms with E-state index >= 15 is 0 Å². The molecular weight excluding hydrogens is 310 g/mol. The Morgan fingerprint density at radius 1 is 1.30 bits per heavy atom. The summed E-state index contributed by atoms with van der Waals surface area (Å²) in [7, 11) is -3.00. The molecule has 2 aliphatic rings. The third-order valence-electron chi connectivity index (χ3n) is 5.18. The summed E-state index contributed by atoms with van der Waals surface area (Å²) in [6.07, 6.45) is 7.99. The van der Waals surface area contributed by atoms with Crippen LogP contribution in [0.2, 0.25) is 0 Å². The van der Waals surface area contributed by atoms with E-state index in [0.717, 1.165) is 31.4 Å². The van der Waals surface area contributed by atoms with Gasteiger partial charge in [-0.2, -0.15) is 0 Å². The van der Waals surface area contributed by atoms with Crippen molar-refractivity contribution in [2.45, 2.75) is 64.0 Å². The molecule has 0 spiro atoms. The van der Waals surface area contributed by atoms with Gasteiger partial charge in [0, 0.05) is 26.2 Å². The first-order valence-electron chi connectivity index (χ1n) is 9.11. The first kappa shape index (κ1) is 18.6. The quantitative estimate of drug-likeness (QED) is 0.473. The van der Waals surface area contributed by atoms with Crippen molar-refractivity contribution in [2.75, 3.05) is 31.9 Å². The van der Waals surface area contributed by atoms with Crippen LogP contribution in [-0.2, 0) is 9.84 Å². The molecule has 1 saturated carbocycles. The minimum Gasteiger partial charge on any atom is -0.357 e. The summed E-state index contributed by atoms with van der Waals surface area (Å²) in [6, 6.07) is 0. The summed E-state index contributed by atoms with van der Waals surface area (Å²) in [5, 5.41) is 3.33. The van der Waals surface area contributed by atoms with Crippen LogP contribution < -0.4 is 5.32 Å². The van der Waals surface area contributed by atoms with Crippen LogP contribution in [0, 0.1) is 5.92 Å². The standard InChI is InChI=1S/C17H33N3O2S/c1-4-18-16(19-11-7-10-15-8-5-6-9-15)20-12-13-23(21,22)17(2,3)14-20/h15H,4-14H2,1-3H3,(H,18,19). The molecule has 23 heavy (non-hydrogen) atoms. The molecule has 1 N–H and O–H groups in total. The highest BCUT2D eigenvalue weighted by atomic mass is 32.2. The van der Waals surface area contributed by atoms with Crippen molar-refractivity contribution >= 4 is 15.8 Å². The zero-order chi connectivity index (χ0) is 16.9. The molecule has 0 bridgehead atoms. The molecule has 1 saturated heterocycles. The molecule has 0 aromatic carbocycles. The Hall–Kier alpha value is -0.780. The second-order valence-corrected chi connectivity index (χ2v) is 10.3. The Morgan fingerprint density at radius 3 is 2.61 bits per heavy atom. The maximum atomic E-state index is 12.1. The van der Waals surface area contributed by atoms with Crippen LogP contribution in [0.4, 0.5) is 0 Å². The fourth-order valence-electron chi connectivity index (χ4n) is 3.61. The third-order valence-corrected chi connectivity index (χ3v) is 7.72. The van der Waals surface area contributed by atoms with Gasteiger partial charge in [0.15, 0.2) is 15.8 Å². The highest BCUT2D eigenvalue weighted by Crippen LogP contribution is 2.28. The van der Waals surface area contributed by atoms with E-state index in [9.17, 15) is 8.42 Å². The number of hydrogen-bond acceptors (Lipinski definition) is 3. The van der Waals surface area contributed by atoms with Crippen molar-refractivity contribution in [3.8, 4) is 0 Å². The Balaban J connectivity index is 1.90. The van der Waals surface area contributed by atoms with Crippen molar-refractivity contribution in [1.82, 2.24) is 10.2 Å². The summed E-state index contributed by atoms with van der Waals surface area (Å²) in [4.78, 5) is 6.86. The molecule has 0 atom stereocenters. The minimum absolute atomic E-state index is 0.215. The number of guanidine groups is 1. The summed E-state index contributed by atoms with van der Waals surface area (Å²) in [5.74, 6) is 2.00. The predicted molar refractivity (Wildman–Crippen MR) is 96.6 cm³/mol. The van der Waals surface area contributed by atoms with E-state index in [1.165, 1.54) is 32.1 Å². The molecule has 1 aliphatic carbocycles. The van der Waals surface area contributed by atoms with E-state index in [2.05, 4.69) is 17.1 Å². The fourth-order valence-corrected chi connectivity index (χ4v) is 4.98. The topological polar surface area (TPSA) is 61.8 Å². The van der Waals surface area contributed by atoms with E-state index in [0.29, 0.717) is 13.1 Å². The van der Waals surface area contributed by atoms with Crippen molar-refractivity contribution in [1.29, 1.82) is 0 Å². The molecule has 0 unspecified atom stereocenters. The van der Waals surface area contributed by atoms with Crippen molar-refractivity contribution in [2.24, 2.45) is 10.9 Å². The van der Waals surface area contributed by atoms with E-state index in [-0.39, 0.29) is 5.75 Å². The Labute approximate surface area is 141 Å². The Kier molecular flexibility index (Phi) is 6.34. The Bertz CT molecular complexity index is 508. The SMILES string of the molecule is CCNC(=NCCCC1CCCC1)N1CCS(=O)(=O)C(C)(C)C1. The normalized spacial score (nSPS) is 24.8. The molecule has 0 radical (unpaired) electrons. The highest BCUT2D eigenvalue weighted by Gasteiger charge is 2.40. The zero-order valence-corrected chi connectivity index (χ0v) is 15.8. The van der Waals surface area contributed by atoms with Gasteiger partial charge in [-0.05, 0) is 39.5 Å². The Morgan fingerprint density at radius 2 is 2.00 bits per heavy atom. The first-order chi connectivity index (χ1) is 10.9. The zero-order valence-electron chi connectivity index (χ0n) is 15.0. The van der Waals surface area contributed by atoms with Gasteiger partial charge in [0.2, 0.25) is 0 Å². The van der Waals surface area contributed by atoms with Gasteiger partial charge in [-0.1, -0.05) is 25.7 Å². The molecule has 0 amide bonds. The molecule has 0 aromatic rings. The van der Waals surface area contributed by atoms with Gasteiger partial charge in [0.1, 0.15) is 0 Å². The summed E-state index contributed by atoms with van der Waals surface area (Å²) in [5.41, 5.74) is 0. The fraction of sp³-hybridized carbons (Fsp3) is 0.941. The van der Waals surface area contributed by atoms with Crippen molar-refractivity contribution < 1.29 is 8.42 Å². The number of nitrogens with one attached hydrogen (secondary N) is 1. The number of aliphatic imine (C=N–C) groups is 1. The molecule has 5 nitrogen and oxygen atoms in total. The minimum atomic E-state index is -3.00. The van der Waals surface area contributed by atoms with Gasteiger partial charge in [0.25, 0.3) is 0 Å². The highest BCUT2D eigenvalue weighted by molar-refractivity contribution is 7.92. The largest absolute Gasteiger partial charge is 0.357 e. The van der Waals surface area contributed by atoms with Crippen LogP contribution in [-0.4, -0.2) is 56.0 Å². The van der Waals surface area contributed by atoms with Crippen LogP contribution in [0.5, 0.6) is 0 Å². The molecule has 2 rings (SSSR count). The smallest absolute Gasteiger partial charge is 0.193 e. The van der Waals surface area contributed by atoms with Crippen molar-refractivity contribution in [3.63, 3.8) is 0 Å². The average molecular weight is 344 g/mol. The maximum Gasteiger partial charge on any atom is 0.193 e. The van der Waals surface area contributed by atoms with E-state index in [1.807, 2.05) is 13.8 Å². The van der Waals surface area contributed by atoms with E-state index in [1.54, 1.807) is 0 Å². The van der Waals surface area contributed by atoms with Crippen LogP contribution in [0.15, 0.2) is 4.99 Å². The lowest BCUT2D eigenvalue weighted by molar-refractivity contribution is 0.353. The molecule has 6 heteroatoms. The maximum absolute atomic E-state index is 12.1. The van der Waals surface area contributed by atoms with Gasteiger partial charge in [-0.15, -0.1) is 0 Å². The molecule has 1 heterocycles. The second kappa shape index (κ2) is 7.86. The van der Waals surface area contributed by atoms with Gasteiger partial charge in [-0.25, -0.2) is 8.42 Å². The number of nitrogens with zero attached hydrogens (tertiary/aromatic N) is 2. The van der Waals surface area contributed by atoms with E-state index in [4.69, 9.17) is 4.99 Å². The summed E-state index contributed by atoms with van der Waals surface area (Å²) >= 11 is 0. The summed E-state index contributed by atoms with van der Waals surface area (Å²) in [6.45, 7) is 8.40. The lowest BCUT2D eigenvalue weighted by Crippen LogP contribution is -2.57. The molecule has 2 fully saturated rings. The van der Waals surface area contributed by atoms with Crippen molar-refractivity contribution in [3.05, 3.63) is 0 Å². The number of hydrogen-bond donors (Lipinski definition) is 1. The van der Waals surface area contributed by atoms with Gasteiger partial charge in [0.05, 0.1) is 10.5 Å². The lowest BCUT2D eigenvalue weighted by Gasteiger charge is -2.39. The molecule has 0 aromatic heterocycles.